The van der Waals surface area contributed by atoms with E-state index in [1.165, 1.54) is 6.26 Å². The number of benzene rings is 1. The Hall–Kier alpha value is -2.81. The molecule has 1 aliphatic rings. The molecule has 1 aromatic heterocycles. The lowest BCUT2D eigenvalue weighted by atomic mass is 10.0. The molecule has 1 aromatic carbocycles. The molecule has 3 rings (SSSR count). The summed E-state index contributed by atoms with van der Waals surface area (Å²) in [5, 5.41) is 16.8. The topological polar surface area (TPSA) is 82.3 Å². The molecule has 2 aromatic rings. The number of ether oxygens (including phenoxy) is 1. The van der Waals surface area contributed by atoms with E-state index < -0.39 is 12.7 Å². The van der Waals surface area contributed by atoms with Gasteiger partial charge < -0.3 is 29.8 Å². The monoisotopic (exact) mass is 422 g/mol. The van der Waals surface area contributed by atoms with Crippen LogP contribution >= 0.6 is 0 Å². The van der Waals surface area contributed by atoms with E-state index in [2.05, 4.69) is 25.3 Å². The summed E-state index contributed by atoms with van der Waals surface area (Å²) in [4.78, 5) is 6.68. The minimum Gasteiger partial charge on any atom is -0.467 e. The second-order valence-corrected chi connectivity index (χ2v) is 7.05. The highest BCUT2D eigenvalue weighted by molar-refractivity contribution is 5.80. The molecule has 1 saturated heterocycles. The van der Waals surface area contributed by atoms with Crippen molar-refractivity contribution in [2.45, 2.75) is 38.5 Å². The molecule has 1 aliphatic heterocycles. The maximum atomic E-state index is 12.3. The van der Waals surface area contributed by atoms with Crippen molar-refractivity contribution in [1.29, 1.82) is 0 Å². The highest BCUT2D eigenvalue weighted by atomic mass is 19.3. The Labute approximate surface area is 174 Å². The third-order valence-corrected chi connectivity index (χ3v) is 4.83. The molecule has 7 nitrogen and oxygen atoms in total. The van der Waals surface area contributed by atoms with Gasteiger partial charge in [-0.1, -0.05) is 0 Å². The van der Waals surface area contributed by atoms with Crippen LogP contribution in [0.25, 0.3) is 0 Å². The molecule has 3 N–H and O–H groups in total. The second kappa shape index (κ2) is 10.8. The number of hydrogen-bond donors (Lipinski definition) is 3. The first-order valence-electron chi connectivity index (χ1n) is 10.1. The van der Waals surface area contributed by atoms with Crippen molar-refractivity contribution in [1.82, 2.24) is 10.6 Å². The van der Waals surface area contributed by atoms with E-state index in [-0.39, 0.29) is 18.3 Å². The average Bonchev–Trinajstić information content (AvgIpc) is 3.27. The Bertz CT molecular complexity index is 784. The smallest absolute Gasteiger partial charge is 0.387 e. The zero-order valence-electron chi connectivity index (χ0n) is 16.9. The number of halogens is 2. The van der Waals surface area contributed by atoms with Gasteiger partial charge in [-0.2, -0.15) is 8.78 Å². The van der Waals surface area contributed by atoms with Crippen LogP contribution in [0, 0.1) is 0 Å². The third kappa shape index (κ3) is 6.35. The average molecular weight is 422 g/mol. The largest absolute Gasteiger partial charge is 0.467 e. The number of nitrogens with one attached hydrogen (secondary N) is 2. The molecule has 164 valence electrons. The van der Waals surface area contributed by atoms with Gasteiger partial charge in [0.1, 0.15) is 17.6 Å². The number of piperidine rings is 1. The van der Waals surface area contributed by atoms with E-state index in [1.54, 1.807) is 36.4 Å². The molecule has 2 atom stereocenters. The summed E-state index contributed by atoms with van der Waals surface area (Å²) in [5.74, 6) is 1.27. The maximum absolute atomic E-state index is 12.3. The Morgan fingerprint density at radius 3 is 2.80 bits per heavy atom. The lowest BCUT2D eigenvalue weighted by Gasteiger charge is -2.35. The normalized spacial score (nSPS) is 18.4. The molecule has 0 amide bonds. The Kier molecular flexibility index (Phi) is 7.89. The van der Waals surface area contributed by atoms with Gasteiger partial charge in [0.15, 0.2) is 5.96 Å². The summed E-state index contributed by atoms with van der Waals surface area (Å²) in [6.07, 6.45) is 2.69. The van der Waals surface area contributed by atoms with E-state index in [9.17, 15) is 13.9 Å². The second-order valence-electron chi connectivity index (χ2n) is 7.05. The first-order valence-corrected chi connectivity index (χ1v) is 10.1. The van der Waals surface area contributed by atoms with E-state index in [4.69, 9.17) is 4.42 Å². The zero-order chi connectivity index (χ0) is 21.3. The predicted molar refractivity (Wildman–Crippen MR) is 111 cm³/mol. The Morgan fingerprint density at radius 1 is 1.33 bits per heavy atom. The Morgan fingerprint density at radius 2 is 2.13 bits per heavy atom. The molecule has 0 saturated carbocycles. The number of anilines is 1. The minimum atomic E-state index is -2.82. The van der Waals surface area contributed by atoms with Crippen molar-refractivity contribution in [2.24, 2.45) is 4.99 Å². The van der Waals surface area contributed by atoms with Gasteiger partial charge in [0.2, 0.25) is 0 Å². The molecule has 9 heteroatoms. The summed E-state index contributed by atoms with van der Waals surface area (Å²) < 4.78 is 34.3. The van der Waals surface area contributed by atoms with Crippen molar-refractivity contribution in [3.8, 4) is 5.75 Å². The van der Waals surface area contributed by atoms with Crippen LogP contribution in [0.4, 0.5) is 14.5 Å². The van der Waals surface area contributed by atoms with Crippen LogP contribution < -0.4 is 20.3 Å². The standard InChI is InChI=1S/C21H28F2N4O3/c1-2-24-21(25-13-18(28)19-6-4-12-29-19)26-15-5-3-11-27(14-15)16-7-9-17(10-8-16)30-20(22)23/h4,6-10,12,15,18,20,28H,2-3,5,11,13-14H2,1H3,(H2,24,25,26). The first kappa shape index (κ1) is 21.9. The molecular formula is C21H28F2N4O3. The number of furan rings is 1. The summed E-state index contributed by atoms with van der Waals surface area (Å²) in [6, 6.07) is 10.3. The zero-order valence-corrected chi connectivity index (χ0v) is 16.9. The Balaban J connectivity index is 1.58. The molecule has 0 radical (unpaired) electrons. The number of rotatable bonds is 8. The fraction of sp³-hybridized carbons (Fsp3) is 0.476. The molecule has 0 spiro atoms. The quantitative estimate of drug-likeness (QED) is 0.448. The molecule has 0 aliphatic carbocycles. The van der Waals surface area contributed by atoms with Gasteiger partial charge in [0.25, 0.3) is 0 Å². The van der Waals surface area contributed by atoms with Gasteiger partial charge in [-0.05, 0) is 56.2 Å². The van der Waals surface area contributed by atoms with Crippen LogP contribution in [0.15, 0.2) is 52.1 Å². The van der Waals surface area contributed by atoms with Crippen molar-refractivity contribution in [3.05, 3.63) is 48.4 Å². The van der Waals surface area contributed by atoms with Crippen LogP contribution in [-0.2, 0) is 0 Å². The van der Waals surface area contributed by atoms with Gasteiger partial charge in [-0.15, -0.1) is 0 Å². The lowest BCUT2D eigenvalue weighted by molar-refractivity contribution is -0.0498. The number of aliphatic hydroxyl groups excluding tert-OH is 1. The van der Waals surface area contributed by atoms with Gasteiger partial charge in [-0.25, -0.2) is 0 Å². The number of aliphatic hydroxyl groups is 1. The molecule has 2 heterocycles. The fourth-order valence-electron chi connectivity index (χ4n) is 3.43. The van der Waals surface area contributed by atoms with Crippen LogP contribution in [0.5, 0.6) is 5.75 Å². The van der Waals surface area contributed by atoms with Crippen LogP contribution in [-0.4, -0.2) is 49.9 Å². The minimum absolute atomic E-state index is 0.150. The van der Waals surface area contributed by atoms with Crippen molar-refractivity contribution >= 4 is 11.6 Å². The van der Waals surface area contributed by atoms with E-state index in [0.29, 0.717) is 18.3 Å². The number of guanidine groups is 1. The van der Waals surface area contributed by atoms with Crippen molar-refractivity contribution in [2.75, 3.05) is 31.1 Å². The van der Waals surface area contributed by atoms with E-state index in [0.717, 1.165) is 31.6 Å². The molecule has 30 heavy (non-hydrogen) atoms. The molecule has 0 bridgehead atoms. The summed E-state index contributed by atoms with van der Waals surface area (Å²) >= 11 is 0. The fourth-order valence-corrected chi connectivity index (χ4v) is 3.43. The summed E-state index contributed by atoms with van der Waals surface area (Å²) in [7, 11) is 0. The summed E-state index contributed by atoms with van der Waals surface area (Å²) in [5.41, 5.74) is 0.957. The SMILES string of the molecule is CCNC(=NCC(O)c1ccco1)NC1CCCN(c2ccc(OC(F)F)cc2)C1. The van der Waals surface area contributed by atoms with Gasteiger partial charge >= 0.3 is 6.61 Å². The van der Waals surface area contributed by atoms with Gasteiger partial charge in [0.05, 0.1) is 12.8 Å². The van der Waals surface area contributed by atoms with Crippen LogP contribution in [0.3, 0.4) is 0 Å². The van der Waals surface area contributed by atoms with Gasteiger partial charge in [-0.3, -0.25) is 4.99 Å². The van der Waals surface area contributed by atoms with Crippen LogP contribution in [0.1, 0.15) is 31.6 Å². The highest BCUT2D eigenvalue weighted by Gasteiger charge is 2.21. The molecular weight excluding hydrogens is 394 g/mol. The predicted octanol–water partition coefficient (Wildman–Crippen LogP) is 3.14. The van der Waals surface area contributed by atoms with E-state index in [1.807, 2.05) is 6.92 Å². The van der Waals surface area contributed by atoms with Crippen LogP contribution in [0.2, 0.25) is 0 Å². The maximum Gasteiger partial charge on any atom is 0.387 e. The lowest BCUT2D eigenvalue weighted by Crippen LogP contribution is -2.51. The third-order valence-electron chi connectivity index (χ3n) is 4.83. The van der Waals surface area contributed by atoms with Crippen molar-refractivity contribution in [3.63, 3.8) is 0 Å². The number of alkyl halides is 2. The number of aliphatic imine (C=N–C) groups is 1. The molecule has 2 unspecified atom stereocenters. The van der Waals surface area contributed by atoms with E-state index >= 15 is 0 Å². The van der Waals surface area contributed by atoms with Crippen molar-refractivity contribution < 1.29 is 23.0 Å². The number of hydrogen-bond acceptors (Lipinski definition) is 5. The number of nitrogens with zero attached hydrogens (tertiary/aromatic N) is 2. The highest BCUT2D eigenvalue weighted by Crippen LogP contribution is 2.24. The van der Waals surface area contributed by atoms with Gasteiger partial charge in [0, 0.05) is 31.4 Å². The molecule has 1 fully saturated rings. The summed E-state index contributed by atoms with van der Waals surface area (Å²) in [6.45, 7) is 1.68. The first-order chi connectivity index (χ1) is 14.5.